The Morgan fingerprint density at radius 3 is 2.92 bits per heavy atom. The third-order valence-electron chi connectivity index (χ3n) is 2.48. The zero-order chi connectivity index (χ0) is 9.47. The molecule has 1 atom stereocenters. The summed E-state index contributed by atoms with van der Waals surface area (Å²) in [5.41, 5.74) is -0.470. The Balaban J connectivity index is 2.15. The maximum atomic E-state index is 10.7. The maximum Gasteiger partial charge on any atom is 0.419 e. The molecule has 1 N–H and O–H groups in total. The van der Waals surface area contributed by atoms with Crippen molar-refractivity contribution in [1.82, 2.24) is 4.31 Å². The summed E-state index contributed by atoms with van der Waals surface area (Å²) in [4.78, 5) is 10.7. The van der Waals surface area contributed by atoms with E-state index in [0.29, 0.717) is 6.61 Å². The minimum atomic E-state index is -1.03. The van der Waals surface area contributed by atoms with Crippen LogP contribution in [-0.4, -0.2) is 28.2 Å². The maximum absolute atomic E-state index is 10.7. The molecule has 0 aromatic heterocycles. The molecule has 1 saturated carbocycles. The minimum Gasteiger partial charge on any atom is -0.464 e. The van der Waals surface area contributed by atoms with Crippen molar-refractivity contribution in [3.63, 3.8) is 0 Å². The summed E-state index contributed by atoms with van der Waals surface area (Å²) in [6, 6.07) is 1.89. The lowest BCUT2D eigenvalue weighted by Gasteiger charge is -2.20. The van der Waals surface area contributed by atoms with E-state index in [-0.39, 0.29) is 6.04 Å². The van der Waals surface area contributed by atoms with Gasteiger partial charge in [0.15, 0.2) is 0 Å². The molecule has 5 nitrogen and oxygen atoms in total. The average Bonchev–Trinajstić information content (AvgIpc) is 2.74. The quantitative estimate of drug-likeness (QED) is 0.509. The van der Waals surface area contributed by atoms with E-state index >= 15 is 0 Å². The first-order chi connectivity index (χ1) is 6.19. The van der Waals surface area contributed by atoms with Gasteiger partial charge in [0.2, 0.25) is 0 Å². The second kappa shape index (κ2) is 2.79. The van der Waals surface area contributed by atoms with E-state index in [2.05, 4.69) is 6.07 Å². The molecule has 0 bridgehead atoms. The van der Waals surface area contributed by atoms with Crippen molar-refractivity contribution in [2.45, 2.75) is 18.9 Å². The fourth-order valence-electron chi connectivity index (χ4n) is 1.47. The van der Waals surface area contributed by atoms with Crippen molar-refractivity contribution in [2.24, 2.45) is 5.41 Å². The molecule has 0 radical (unpaired) electrons. The van der Waals surface area contributed by atoms with Crippen LogP contribution in [0, 0.1) is 16.7 Å². The van der Waals surface area contributed by atoms with E-state index in [1.54, 1.807) is 0 Å². The van der Waals surface area contributed by atoms with Gasteiger partial charge >= 0.3 is 6.09 Å². The van der Waals surface area contributed by atoms with Crippen LogP contribution in [0.4, 0.5) is 4.79 Å². The van der Waals surface area contributed by atoms with Gasteiger partial charge in [-0.05, 0) is 12.8 Å². The van der Waals surface area contributed by atoms with Gasteiger partial charge in [-0.15, -0.1) is 0 Å². The van der Waals surface area contributed by atoms with Gasteiger partial charge in [-0.25, -0.2) is 9.10 Å². The third-order valence-corrected chi connectivity index (χ3v) is 3.29. The van der Waals surface area contributed by atoms with E-state index in [0.717, 1.165) is 29.4 Å². The molecule has 1 aliphatic heterocycles. The number of carbonyl (C=O) groups is 1. The molecule has 0 unspecified atom stereocenters. The van der Waals surface area contributed by atoms with Crippen LogP contribution in [0.25, 0.3) is 0 Å². The summed E-state index contributed by atoms with van der Waals surface area (Å²) in [6.07, 6.45) is 0.526. The van der Waals surface area contributed by atoms with Crippen LogP contribution in [0.1, 0.15) is 12.8 Å². The molecule has 0 spiro atoms. The molecule has 2 aliphatic rings. The molecular formula is C7H8N2O3S. The van der Waals surface area contributed by atoms with Gasteiger partial charge in [-0.3, -0.25) is 4.18 Å². The Labute approximate surface area is 79.6 Å². The Morgan fingerprint density at radius 2 is 2.46 bits per heavy atom. The molecule has 0 aromatic rings. The van der Waals surface area contributed by atoms with Gasteiger partial charge in [-0.1, -0.05) is 0 Å². The van der Waals surface area contributed by atoms with Crippen LogP contribution >= 0.6 is 12.2 Å². The van der Waals surface area contributed by atoms with Crippen molar-refractivity contribution < 1.29 is 14.1 Å². The van der Waals surface area contributed by atoms with Crippen LogP contribution in [0.5, 0.6) is 0 Å². The molecule has 2 fully saturated rings. The topological polar surface area (TPSA) is 73.6 Å². The largest absolute Gasteiger partial charge is 0.464 e. The first kappa shape index (κ1) is 8.66. The van der Waals surface area contributed by atoms with E-state index < -0.39 is 11.5 Å². The summed E-state index contributed by atoms with van der Waals surface area (Å²) in [5.74, 6) is 0. The lowest BCUT2D eigenvalue weighted by atomic mass is 9.99. The fourth-order valence-corrected chi connectivity index (χ4v) is 2.21. The summed E-state index contributed by atoms with van der Waals surface area (Å²) in [5, 5.41) is 17.7. The number of amides is 1. The second-order valence-corrected chi connectivity index (χ2v) is 4.03. The molecule has 1 aliphatic carbocycles. The van der Waals surface area contributed by atoms with Gasteiger partial charge in [-0.2, -0.15) is 5.26 Å². The molecule has 6 heteroatoms. The van der Waals surface area contributed by atoms with E-state index in [4.69, 9.17) is 14.6 Å². The molecular weight excluding hydrogens is 192 g/mol. The number of rotatable bonds is 1. The molecule has 1 heterocycles. The first-order valence-electron chi connectivity index (χ1n) is 3.93. The lowest BCUT2D eigenvalue weighted by Crippen LogP contribution is -2.38. The standard InChI is InChI=1S/C7H8N2O3S/c8-4-7(1-2-7)5-3-12-13-9(5)6(10)11/h5H,1-3H2,(H,10,11)/t5-/m0/s1. The zero-order valence-corrected chi connectivity index (χ0v) is 7.58. The molecule has 1 saturated heterocycles. The normalized spacial score (nSPS) is 29.8. The van der Waals surface area contributed by atoms with Crippen molar-refractivity contribution in [3.05, 3.63) is 0 Å². The molecule has 13 heavy (non-hydrogen) atoms. The highest BCUT2D eigenvalue weighted by molar-refractivity contribution is 7.93. The molecule has 70 valence electrons. The predicted molar refractivity (Wildman–Crippen MR) is 44.5 cm³/mol. The number of nitriles is 1. The number of carboxylic acid groups (broad SMARTS) is 1. The molecule has 0 aromatic carbocycles. The summed E-state index contributed by atoms with van der Waals surface area (Å²) >= 11 is 0.823. The van der Waals surface area contributed by atoms with Crippen LogP contribution < -0.4 is 0 Å². The number of hydrogen-bond acceptors (Lipinski definition) is 4. The lowest BCUT2D eigenvalue weighted by molar-refractivity contribution is 0.156. The van der Waals surface area contributed by atoms with Gasteiger partial charge < -0.3 is 5.11 Å². The minimum absolute atomic E-state index is 0.292. The first-order valence-corrected chi connectivity index (χ1v) is 4.62. The van der Waals surface area contributed by atoms with E-state index in [9.17, 15) is 4.79 Å². The van der Waals surface area contributed by atoms with Crippen molar-refractivity contribution in [3.8, 4) is 6.07 Å². The van der Waals surface area contributed by atoms with Crippen LogP contribution in [0.2, 0.25) is 0 Å². The number of hydrogen-bond donors (Lipinski definition) is 1. The summed E-state index contributed by atoms with van der Waals surface area (Å²) < 4.78 is 6.10. The van der Waals surface area contributed by atoms with Crippen molar-refractivity contribution in [1.29, 1.82) is 5.26 Å². The third kappa shape index (κ3) is 1.24. The Morgan fingerprint density at radius 1 is 1.77 bits per heavy atom. The molecule has 1 amide bonds. The van der Waals surface area contributed by atoms with Gasteiger partial charge in [0.1, 0.15) is 12.2 Å². The summed E-state index contributed by atoms with van der Waals surface area (Å²) in [6.45, 7) is 0.324. The van der Waals surface area contributed by atoms with Gasteiger partial charge in [0, 0.05) is 0 Å². The van der Waals surface area contributed by atoms with Crippen LogP contribution in [0.3, 0.4) is 0 Å². The monoisotopic (exact) mass is 200 g/mol. The number of nitrogens with zero attached hydrogens (tertiary/aromatic N) is 2. The predicted octanol–water partition coefficient (Wildman–Crippen LogP) is 1.23. The van der Waals surface area contributed by atoms with Crippen LogP contribution in [0.15, 0.2) is 0 Å². The highest BCUT2D eigenvalue weighted by Gasteiger charge is 2.56. The Kier molecular flexibility index (Phi) is 1.86. The van der Waals surface area contributed by atoms with Crippen molar-refractivity contribution >= 4 is 18.3 Å². The van der Waals surface area contributed by atoms with E-state index in [1.165, 1.54) is 0 Å². The SMILES string of the molecule is N#CC1([C@@H]2COSN2C(=O)O)CC1. The smallest absolute Gasteiger partial charge is 0.419 e. The Hall–Kier alpha value is -0.930. The highest BCUT2D eigenvalue weighted by atomic mass is 32.2. The molecule has 2 rings (SSSR count). The van der Waals surface area contributed by atoms with Crippen molar-refractivity contribution in [2.75, 3.05) is 6.61 Å². The van der Waals surface area contributed by atoms with Crippen LogP contribution in [-0.2, 0) is 4.18 Å². The highest BCUT2D eigenvalue weighted by Crippen LogP contribution is 2.53. The zero-order valence-electron chi connectivity index (χ0n) is 6.77. The summed E-state index contributed by atoms with van der Waals surface area (Å²) in [7, 11) is 0. The van der Waals surface area contributed by atoms with Gasteiger partial charge in [0.05, 0.1) is 24.1 Å². The average molecular weight is 200 g/mol. The van der Waals surface area contributed by atoms with E-state index in [1.807, 2.05) is 0 Å². The Bertz CT molecular complexity index is 284. The van der Waals surface area contributed by atoms with Gasteiger partial charge in [0.25, 0.3) is 0 Å². The fraction of sp³-hybridized carbons (Fsp3) is 0.714. The second-order valence-electron chi connectivity index (χ2n) is 3.25.